The average Bonchev–Trinajstić information content (AvgIpc) is 2.84. The molecule has 0 radical (unpaired) electrons. The van der Waals surface area contributed by atoms with Crippen LogP contribution < -0.4 is 5.32 Å². The molecule has 0 aromatic rings. The summed E-state index contributed by atoms with van der Waals surface area (Å²) in [5, 5.41) is 3.45. The van der Waals surface area contributed by atoms with Gasteiger partial charge in [0.2, 0.25) is 0 Å². The molecule has 0 spiro atoms. The van der Waals surface area contributed by atoms with Crippen molar-refractivity contribution in [1.29, 1.82) is 0 Å². The molecule has 1 heterocycles. The zero-order chi connectivity index (χ0) is 11.2. The lowest BCUT2D eigenvalue weighted by molar-refractivity contribution is 0.218. The van der Waals surface area contributed by atoms with E-state index in [0.717, 1.165) is 12.5 Å². The van der Waals surface area contributed by atoms with Gasteiger partial charge in [0, 0.05) is 6.04 Å². The lowest BCUT2D eigenvalue weighted by Crippen LogP contribution is -2.29. The lowest BCUT2D eigenvalue weighted by atomic mass is 9.93. The van der Waals surface area contributed by atoms with Crippen LogP contribution in [0.15, 0.2) is 11.8 Å². The first-order valence-corrected chi connectivity index (χ1v) is 6.88. The Hall–Kier alpha value is -0.500. The smallest absolute Gasteiger partial charge is 0.0876 e. The standard InChI is InChI=1S/C14H25NO/c1-15-14(13-7-4-10-16-11-13)9-8-12-5-2-3-6-12/h11-12,14-15H,2-10H2,1H3. The van der Waals surface area contributed by atoms with Crippen molar-refractivity contribution in [3.63, 3.8) is 0 Å². The maximum atomic E-state index is 5.43. The summed E-state index contributed by atoms with van der Waals surface area (Å²) in [4.78, 5) is 0. The molecule has 92 valence electrons. The summed E-state index contributed by atoms with van der Waals surface area (Å²) >= 11 is 0. The third kappa shape index (κ3) is 3.24. The highest BCUT2D eigenvalue weighted by atomic mass is 16.5. The number of hydrogen-bond acceptors (Lipinski definition) is 2. The Morgan fingerprint density at radius 3 is 2.81 bits per heavy atom. The third-order valence-electron chi connectivity index (χ3n) is 4.10. The molecule has 2 rings (SSSR count). The molecule has 2 nitrogen and oxygen atoms in total. The quantitative estimate of drug-likeness (QED) is 0.772. The van der Waals surface area contributed by atoms with Gasteiger partial charge in [0.15, 0.2) is 0 Å². The van der Waals surface area contributed by atoms with Crippen molar-refractivity contribution in [2.45, 2.75) is 57.4 Å². The predicted octanol–water partition coefficient (Wildman–Crippen LogP) is 3.24. The fourth-order valence-corrected chi connectivity index (χ4v) is 3.06. The molecule has 0 saturated heterocycles. The minimum Gasteiger partial charge on any atom is -0.501 e. The molecule has 1 unspecified atom stereocenters. The summed E-state index contributed by atoms with van der Waals surface area (Å²) in [6.07, 6.45) is 12.9. The second-order valence-corrected chi connectivity index (χ2v) is 5.24. The summed E-state index contributed by atoms with van der Waals surface area (Å²) in [5.41, 5.74) is 1.48. The Morgan fingerprint density at radius 1 is 1.38 bits per heavy atom. The van der Waals surface area contributed by atoms with Crippen LogP contribution in [0.4, 0.5) is 0 Å². The molecule has 0 amide bonds. The number of likely N-dealkylation sites (N-methyl/N-ethyl adjacent to an activating group) is 1. The third-order valence-corrected chi connectivity index (χ3v) is 4.10. The molecule has 1 aliphatic carbocycles. The number of nitrogens with one attached hydrogen (secondary N) is 1. The van der Waals surface area contributed by atoms with Gasteiger partial charge < -0.3 is 10.1 Å². The van der Waals surface area contributed by atoms with Crippen molar-refractivity contribution in [2.24, 2.45) is 5.92 Å². The zero-order valence-corrected chi connectivity index (χ0v) is 10.5. The Balaban J connectivity index is 1.77. The summed E-state index contributed by atoms with van der Waals surface area (Å²) in [7, 11) is 2.08. The van der Waals surface area contributed by atoms with Crippen LogP contribution in [-0.2, 0) is 4.74 Å². The molecule has 2 heteroatoms. The highest BCUT2D eigenvalue weighted by Crippen LogP contribution is 2.30. The molecule has 1 aliphatic heterocycles. The first-order chi connectivity index (χ1) is 7.90. The van der Waals surface area contributed by atoms with Gasteiger partial charge in [-0.15, -0.1) is 0 Å². The van der Waals surface area contributed by atoms with Gasteiger partial charge in [-0.1, -0.05) is 25.7 Å². The molecule has 0 aromatic carbocycles. The van der Waals surface area contributed by atoms with Crippen LogP contribution in [0.3, 0.4) is 0 Å². The molecule has 1 N–H and O–H groups in total. The van der Waals surface area contributed by atoms with Gasteiger partial charge in [-0.2, -0.15) is 0 Å². The van der Waals surface area contributed by atoms with Crippen LogP contribution in [0, 0.1) is 5.92 Å². The zero-order valence-electron chi connectivity index (χ0n) is 10.5. The van der Waals surface area contributed by atoms with Gasteiger partial charge in [-0.3, -0.25) is 0 Å². The van der Waals surface area contributed by atoms with E-state index < -0.39 is 0 Å². The van der Waals surface area contributed by atoms with Crippen molar-refractivity contribution in [3.8, 4) is 0 Å². The summed E-state index contributed by atoms with van der Waals surface area (Å²) < 4.78 is 5.43. The van der Waals surface area contributed by atoms with Gasteiger partial charge in [0.1, 0.15) is 0 Å². The van der Waals surface area contributed by atoms with E-state index >= 15 is 0 Å². The van der Waals surface area contributed by atoms with Gasteiger partial charge in [-0.25, -0.2) is 0 Å². The number of ether oxygens (including phenoxy) is 1. The van der Waals surface area contributed by atoms with Crippen LogP contribution in [0.25, 0.3) is 0 Å². The van der Waals surface area contributed by atoms with Gasteiger partial charge in [0.25, 0.3) is 0 Å². The lowest BCUT2D eigenvalue weighted by Gasteiger charge is -2.24. The first kappa shape index (κ1) is 12.0. The summed E-state index contributed by atoms with van der Waals surface area (Å²) in [6.45, 7) is 0.905. The van der Waals surface area contributed by atoms with Crippen molar-refractivity contribution in [2.75, 3.05) is 13.7 Å². The maximum Gasteiger partial charge on any atom is 0.0876 e. The van der Waals surface area contributed by atoms with E-state index in [2.05, 4.69) is 12.4 Å². The number of hydrogen-bond donors (Lipinski definition) is 1. The highest BCUT2D eigenvalue weighted by molar-refractivity contribution is 5.09. The van der Waals surface area contributed by atoms with Crippen LogP contribution in [0.5, 0.6) is 0 Å². The number of rotatable bonds is 5. The second-order valence-electron chi connectivity index (χ2n) is 5.24. The monoisotopic (exact) mass is 223 g/mol. The van der Waals surface area contributed by atoms with E-state index in [1.807, 2.05) is 6.26 Å². The minimum atomic E-state index is 0.556. The molecule has 0 aromatic heterocycles. The second kappa shape index (κ2) is 6.29. The predicted molar refractivity (Wildman–Crippen MR) is 67.3 cm³/mol. The Bertz CT molecular complexity index is 231. The Labute approximate surface area is 99.4 Å². The van der Waals surface area contributed by atoms with Crippen LogP contribution >= 0.6 is 0 Å². The van der Waals surface area contributed by atoms with Gasteiger partial charge >= 0.3 is 0 Å². The molecule has 1 saturated carbocycles. The molecular weight excluding hydrogens is 198 g/mol. The molecular formula is C14H25NO. The van der Waals surface area contributed by atoms with Crippen LogP contribution in [-0.4, -0.2) is 19.7 Å². The minimum absolute atomic E-state index is 0.556. The largest absolute Gasteiger partial charge is 0.501 e. The topological polar surface area (TPSA) is 21.3 Å². The maximum absolute atomic E-state index is 5.43. The molecule has 1 atom stereocenters. The van der Waals surface area contributed by atoms with Crippen LogP contribution in [0.2, 0.25) is 0 Å². The Kier molecular flexibility index (Phi) is 4.70. The fraction of sp³-hybridized carbons (Fsp3) is 0.857. The van der Waals surface area contributed by atoms with Crippen molar-refractivity contribution < 1.29 is 4.74 Å². The van der Waals surface area contributed by atoms with E-state index in [1.165, 1.54) is 56.9 Å². The van der Waals surface area contributed by atoms with E-state index in [0.29, 0.717) is 6.04 Å². The van der Waals surface area contributed by atoms with E-state index in [-0.39, 0.29) is 0 Å². The van der Waals surface area contributed by atoms with Crippen molar-refractivity contribution in [3.05, 3.63) is 11.8 Å². The van der Waals surface area contributed by atoms with Crippen LogP contribution in [0.1, 0.15) is 51.4 Å². The van der Waals surface area contributed by atoms with Crippen molar-refractivity contribution >= 4 is 0 Å². The summed E-state index contributed by atoms with van der Waals surface area (Å²) in [6, 6.07) is 0.556. The molecule has 16 heavy (non-hydrogen) atoms. The van der Waals surface area contributed by atoms with E-state index in [9.17, 15) is 0 Å². The molecule has 2 aliphatic rings. The molecule has 1 fully saturated rings. The first-order valence-electron chi connectivity index (χ1n) is 6.88. The van der Waals surface area contributed by atoms with Gasteiger partial charge in [0.05, 0.1) is 12.9 Å². The Morgan fingerprint density at radius 2 is 2.19 bits per heavy atom. The van der Waals surface area contributed by atoms with Gasteiger partial charge in [-0.05, 0) is 44.2 Å². The van der Waals surface area contributed by atoms with E-state index in [4.69, 9.17) is 4.74 Å². The normalized spacial score (nSPS) is 23.9. The van der Waals surface area contributed by atoms with E-state index in [1.54, 1.807) is 0 Å². The SMILES string of the molecule is CNC(CCC1CCCC1)C1=COCCC1. The highest BCUT2D eigenvalue weighted by Gasteiger charge is 2.19. The summed E-state index contributed by atoms with van der Waals surface area (Å²) in [5.74, 6) is 1.00. The fourth-order valence-electron chi connectivity index (χ4n) is 3.06. The molecule has 0 bridgehead atoms. The average molecular weight is 223 g/mol. The van der Waals surface area contributed by atoms with Crippen molar-refractivity contribution in [1.82, 2.24) is 5.32 Å².